The normalized spacial score (nSPS) is 10.3. The molecule has 4 heteroatoms. The van der Waals surface area contributed by atoms with Crippen molar-refractivity contribution in [1.29, 1.82) is 0 Å². The number of primary amides is 1. The minimum absolute atomic E-state index is 0.0318. The van der Waals surface area contributed by atoms with Crippen LogP contribution in [0.5, 0.6) is 0 Å². The number of hydrogen-bond donors (Lipinski definition) is 1. The fraction of sp³-hybridized carbons (Fsp3) is 0.167. The average molecular weight is 216 g/mol. The lowest BCUT2D eigenvalue weighted by Crippen LogP contribution is -2.10. The van der Waals surface area contributed by atoms with E-state index in [1.54, 1.807) is 0 Å². The average Bonchev–Trinajstić information content (AvgIpc) is 2.74. The summed E-state index contributed by atoms with van der Waals surface area (Å²) in [4.78, 5) is 15.1. The lowest BCUT2D eigenvalue weighted by Gasteiger charge is -1.96. The van der Waals surface area contributed by atoms with Crippen molar-refractivity contribution >= 4 is 5.91 Å². The summed E-state index contributed by atoms with van der Waals surface area (Å²) in [5.41, 5.74) is 6.75. The van der Waals surface area contributed by atoms with Gasteiger partial charge in [0.2, 0.25) is 0 Å². The molecule has 0 aliphatic carbocycles. The van der Waals surface area contributed by atoms with Crippen LogP contribution in [0.4, 0.5) is 0 Å². The van der Waals surface area contributed by atoms with Crippen LogP contribution in [0.3, 0.4) is 0 Å². The van der Waals surface area contributed by atoms with Crippen LogP contribution in [-0.4, -0.2) is 10.9 Å². The van der Waals surface area contributed by atoms with Crippen molar-refractivity contribution in [2.24, 2.45) is 5.73 Å². The highest BCUT2D eigenvalue weighted by Crippen LogP contribution is 2.23. The first-order valence-corrected chi connectivity index (χ1v) is 5.07. The molecule has 0 unspecified atom stereocenters. The molecule has 4 nitrogen and oxygen atoms in total. The van der Waals surface area contributed by atoms with Crippen LogP contribution in [-0.2, 0) is 6.42 Å². The van der Waals surface area contributed by atoms with Crippen LogP contribution < -0.4 is 5.73 Å². The highest BCUT2D eigenvalue weighted by atomic mass is 16.4. The van der Waals surface area contributed by atoms with Crippen molar-refractivity contribution in [2.75, 3.05) is 0 Å². The maximum absolute atomic E-state index is 11.0. The van der Waals surface area contributed by atoms with E-state index in [-0.39, 0.29) is 5.89 Å². The van der Waals surface area contributed by atoms with Crippen LogP contribution in [0.2, 0.25) is 0 Å². The molecule has 0 spiro atoms. The molecule has 0 saturated heterocycles. The zero-order valence-electron chi connectivity index (χ0n) is 8.93. The van der Waals surface area contributed by atoms with Gasteiger partial charge in [-0.3, -0.25) is 4.79 Å². The van der Waals surface area contributed by atoms with Gasteiger partial charge in [0, 0.05) is 12.0 Å². The Hall–Kier alpha value is -2.10. The van der Waals surface area contributed by atoms with Crippen molar-refractivity contribution < 1.29 is 9.21 Å². The summed E-state index contributed by atoms with van der Waals surface area (Å²) in [5, 5.41) is 0. The zero-order chi connectivity index (χ0) is 11.5. The Labute approximate surface area is 93.1 Å². The minimum atomic E-state index is -0.642. The van der Waals surface area contributed by atoms with Gasteiger partial charge in [-0.1, -0.05) is 37.3 Å². The van der Waals surface area contributed by atoms with E-state index in [1.165, 1.54) is 0 Å². The third kappa shape index (κ3) is 1.82. The lowest BCUT2D eigenvalue weighted by atomic mass is 10.1. The molecule has 1 aromatic carbocycles. The number of carbonyl (C=O) groups excluding carboxylic acids is 1. The van der Waals surface area contributed by atoms with E-state index in [4.69, 9.17) is 10.2 Å². The summed E-state index contributed by atoms with van der Waals surface area (Å²) in [7, 11) is 0. The predicted molar refractivity (Wildman–Crippen MR) is 59.8 cm³/mol. The smallest absolute Gasteiger partial charge is 0.304 e. The van der Waals surface area contributed by atoms with E-state index in [2.05, 4.69) is 4.98 Å². The molecular formula is C12H12N2O2. The van der Waals surface area contributed by atoms with Gasteiger partial charge in [0.25, 0.3) is 5.89 Å². The molecule has 0 aliphatic rings. The summed E-state index contributed by atoms with van der Waals surface area (Å²) in [6.45, 7) is 1.94. The maximum atomic E-state index is 11.0. The third-order valence-electron chi connectivity index (χ3n) is 2.28. The first-order chi connectivity index (χ1) is 7.72. The quantitative estimate of drug-likeness (QED) is 0.853. The number of aromatic nitrogens is 1. The highest BCUT2D eigenvalue weighted by Gasteiger charge is 2.16. The number of amides is 1. The van der Waals surface area contributed by atoms with E-state index < -0.39 is 5.91 Å². The molecule has 0 atom stereocenters. The third-order valence-corrected chi connectivity index (χ3v) is 2.28. The molecule has 1 aromatic heterocycles. The predicted octanol–water partition coefficient (Wildman–Crippen LogP) is 2.00. The minimum Gasteiger partial charge on any atom is -0.437 e. The van der Waals surface area contributed by atoms with E-state index in [0.29, 0.717) is 17.9 Å². The van der Waals surface area contributed by atoms with Crippen molar-refractivity contribution in [3.05, 3.63) is 42.0 Å². The first kappa shape index (κ1) is 10.4. The van der Waals surface area contributed by atoms with Gasteiger partial charge in [-0.25, -0.2) is 4.98 Å². The topological polar surface area (TPSA) is 69.1 Å². The Balaban J connectivity index is 2.52. The number of carbonyl (C=O) groups is 1. The fourth-order valence-corrected chi connectivity index (χ4v) is 1.52. The largest absolute Gasteiger partial charge is 0.437 e. The summed E-state index contributed by atoms with van der Waals surface area (Å²) >= 11 is 0. The van der Waals surface area contributed by atoms with Gasteiger partial charge in [0.15, 0.2) is 0 Å². The summed E-state index contributed by atoms with van der Waals surface area (Å²) in [5.74, 6) is 0.00702. The van der Waals surface area contributed by atoms with Crippen molar-refractivity contribution in [3.8, 4) is 11.3 Å². The van der Waals surface area contributed by atoms with E-state index in [0.717, 1.165) is 5.56 Å². The second kappa shape index (κ2) is 4.18. The van der Waals surface area contributed by atoms with Crippen molar-refractivity contribution in [1.82, 2.24) is 4.98 Å². The van der Waals surface area contributed by atoms with Gasteiger partial charge in [-0.15, -0.1) is 0 Å². The van der Waals surface area contributed by atoms with Gasteiger partial charge in [0.1, 0.15) is 11.5 Å². The Morgan fingerprint density at radius 1 is 1.38 bits per heavy atom. The number of rotatable bonds is 3. The number of nitrogens with zero attached hydrogens (tertiary/aromatic N) is 1. The van der Waals surface area contributed by atoms with Gasteiger partial charge in [-0.2, -0.15) is 0 Å². The Morgan fingerprint density at radius 2 is 2.06 bits per heavy atom. The molecule has 2 N–H and O–H groups in total. The van der Waals surface area contributed by atoms with Gasteiger partial charge in [-0.05, 0) is 0 Å². The second-order valence-corrected chi connectivity index (χ2v) is 3.37. The molecule has 82 valence electrons. The highest BCUT2D eigenvalue weighted by molar-refractivity contribution is 5.88. The Bertz CT molecular complexity index is 503. The number of hydrogen-bond acceptors (Lipinski definition) is 3. The van der Waals surface area contributed by atoms with Gasteiger partial charge < -0.3 is 10.2 Å². The van der Waals surface area contributed by atoms with Gasteiger partial charge in [0.05, 0.1) is 0 Å². The molecule has 16 heavy (non-hydrogen) atoms. The fourth-order valence-electron chi connectivity index (χ4n) is 1.52. The molecule has 0 bridgehead atoms. The second-order valence-electron chi connectivity index (χ2n) is 3.37. The van der Waals surface area contributed by atoms with Crippen LogP contribution in [0, 0.1) is 0 Å². The maximum Gasteiger partial charge on any atom is 0.304 e. The Kier molecular flexibility index (Phi) is 2.72. The van der Waals surface area contributed by atoms with Crippen LogP contribution >= 0.6 is 0 Å². The number of oxazole rings is 1. The molecule has 2 rings (SSSR count). The summed E-state index contributed by atoms with van der Waals surface area (Å²) < 4.78 is 5.29. The number of benzene rings is 1. The Morgan fingerprint density at radius 3 is 2.62 bits per heavy atom. The molecule has 1 amide bonds. The monoisotopic (exact) mass is 216 g/mol. The zero-order valence-corrected chi connectivity index (χ0v) is 8.93. The molecule has 0 aliphatic heterocycles. The van der Waals surface area contributed by atoms with Crippen molar-refractivity contribution in [3.63, 3.8) is 0 Å². The van der Waals surface area contributed by atoms with Gasteiger partial charge >= 0.3 is 5.91 Å². The molecule has 2 aromatic rings. The number of aryl methyl sites for hydroxylation is 1. The number of nitrogens with two attached hydrogens (primary N) is 1. The molecule has 0 radical (unpaired) electrons. The van der Waals surface area contributed by atoms with Crippen molar-refractivity contribution in [2.45, 2.75) is 13.3 Å². The van der Waals surface area contributed by atoms with Crippen LogP contribution in [0.25, 0.3) is 11.3 Å². The molecule has 0 fully saturated rings. The molecule has 1 heterocycles. The first-order valence-electron chi connectivity index (χ1n) is 5.07. The lowest BCUT2D eigenvalue weighted by molar-refractivity contribution is 0.0965. The van der Waals surface area contributed by atoms with Crippen LogP contribution in [0.15, 0.2) is 34.7 Å². The standard InChI is InChI=1S/C12H12N2O2/c1-2-9-10(8-6-4-3-5-7-8)14-12(16-9)11(13)15/h3-7H,2H2,1H3,(H2,13,15). The summed E-state index contributed by atoms with van der Waals surface area (Å²) in [6, 6.07) is 9.58. The van der Waals surface area contributed by atoms with E-state index in [1.807, 2.05) is 37.3 Å². The SMILES string of the molecule is CCc1oc(C(N)=O)nc1-c1ccccc1. The van der Waals surface area contributed by atoms with E-state index in [9.17, 15) is 4.79 Å². The molecular weight excluding hydrogens is 204 g/mol. The van der Waals surface area contributed by atoms with Crippen LogP contribution in [0.1, 0.15) is 23.4 Å². The summed E-state index contributed by atoms with van der Waals surface area (Å²) in [6.07, 6.45) is 0.671. The van der Waals surface area contributed by atoms with E-state index >= 15 is 0 Å². The molecule has 0 saturated carbocycles.